The first-order chi connectivity index (χ1) is 9.66. The largest absolute Gasteiger partial charge is 0.425 e. The Morgan fingerprint density at radius 1 is 1.10 bits per heavy atom. The van der Waals surface area contributed by atoms with Crippen LogP contribution < -0.4 is 4.74 Å². The molecule has 0 heterocycles. The smallest absolute Gasteiger partial charge is 0.340 e. The maximum atomic E-state index is 12.3. The van der Waals surface area contributed by atoms with Crippen molar-refractivity contribution >= 4 is 5.97 Å². The summed E-state index contributed by atoms with van der Waals surface area (Å²) < 4.78 is 11.4. The van der Waals surface area contributed by atoms with Gasteiger partial charge >= 0.3 is 5.97 Å². The summed E-state index contributed by atoms with van der Waals surface area (Å²) in [5, 5.41) is 0. The molecule has 0 spiro atoms. The van der Waals surface area contributed by atoms with E-state index in [1.165, 1.54) is 19.3 Å². The number of benzene rings is 1. The Kier molecular flexibility index (Phi) is 5.60. The van der Waals surface area contributed by atoms with Crippen molar-refractivity contribution in [2.24, 2.45) is 5.92 Å². The lowest BCUT2D eigenvalue weighted by Gasteiger charge is -2.28. The number of ether oxygens (including phenoxy) is 2. The van der Waals surface area contributed by atoms with Gasteiger partial charge in [0.05, 0.1) is 6.10 Å². The van der Waals surface area contributed by atoms with E-state index in [2.05, 4.69) is 0 Å². The van der Waals surface area contributed by atoms with Crippen LogP contribution in [-0.4, -0.2) is 18.2 Å². The third-order valence-corrected chi connectivity index (χ3v) is 3.69. The summed E-state index contributed by atoms with van der Waals surface area (Å²) in [6, 6.07) is 9.19. The lowest BCUT2D eigenvalue weighted by molar-refractivity contribution is -0.156. The zero-order valence-corrected chi connectivity index (χ0v) is 12.4. The van der Waals surface area contributed by atoms with Crippen LogP contribution in [0.25, 0.3) is 0 Å². The second kappa shape index (κ2) is 7.44. The molecular formula is C17H24O3. The molecule has 1 saturated carbocycles. The van der Waals surface area contributed by atoms with E-state index in [1.807, 2.05) is 32.0 Å². The highest BCUT2D eigenvalue weighted by Gasteiger charge is 2.29. The standard InChI is InChI=1S/C17H24O3/c1-13(2)16(19-14-9-5-3-6-10-14)17(18)20-15-11-7-4-8-12-15/h4,7-8,11-14,16H,3,5-6,9-10H2,1-2H3. The Bertz CT molecular complexity index is 408. The summed E-state index contributed by atoms with van der Waals surface area (Å²) in [6.45, 7) is 4.00. The average Bonchev–Trinajstić information content (AvgIpc) is 2.46. The molecule has 3 heteroatoms. The van der Waals surface area contributed by atoms with E-state index in [0.717, 1.165) is 12.8 Å². The van der Waals surface area contributed by atoms with Crippen molar-refractivity contribution in [3.8, 4) is 5.75 Å². The van der Waals surface area contributed by atoms with E-state index in [0.29, 0.717) is 5.75 Å². The van der Waals surface area contributed by atoms with Gasteiger partial charge in [-0.2, -0.15) is 0 Å². The summed E-state index contributed by atoms with van der Waals surface area (Å²) in [6.07, 6.45) is 5.52. The van der Waals surface area contributed by atoms with Crippen LogP contribution in [0.4, 0.5) is 0 Å². The van der Waals surface area contributed by atoms with Gasteiger partial charge < -0.3 is 9.47 Å². The Morgan fingerprint density at radius 3 is 2.35 bits per heavy atom. The molecule has 1 aromatic rings. The first-order valence-corrected chi connectivity index (χ1v) is 7.59. The summed E-state index contributed by atoms with van der Waals surface area (Å²) >= 11 is 0. The highest BCUT2D eigenvalue weighted by atomic mass is 16.6. The summed E-state index contributed by atoms with van der Waals surface area (Å²) in [5.41, 5.74) is 0. The van der Waals surface area contributed by atoms with Gasteiger partial charge in [-0.15, -0.1) is 0 Å². The molecule has 1 atom stereocenters. The minimum absolute atomic E-state index is 0.119. The Hall–Kier alpha value is -1.35. The van der Waals surface area contributed by atoms with Crippen LogP contribution in [0, 0.1) is 5.92 Å². The van der Waals surface area contributed by atoms with Gasteiger partial charge in [-0.05, 0) is 30.9 Å². The minimum atomic E-state index is -0.474. The third kappa shape index (κ3) is 4.34. The first kappa shape index (κ1) is 15.0. The molecule has 3 nitrogen and oxygen atoms in total. The second-order valence-electron chi connectivity index (χ2n) is 5.79. The number of hydrogen-bond acceptors (Lipinski definition) is 3. The Balaban J connectivity index is 1.95. The average molecular weight is 276 g/mol. The molecule has 0 aromatic heterocycles. The molecule has 0 aliphatic heterocycles. The topological polar surface area (TPSA) is 35.5 Å². The normalized spacial score (nSPS) is 17.9. The van der Waals surface area contributed by atoms with Crippen LogP contribution >= 0.6 is 0 Å². The van der Waals surface area contributed by atoms with Crippen molar-refractivity contribution in [2.75, 3.05) is 0 Å². The van der Waals surface area contributed by atoms with E-state index in [9.17, 15) is 4.79 Å². The number of carbonyl (C=O) groups is 1. The predicted molar refractivity (Wildman–Crippen MR) is 78.7 cm³/mol. The Labute approximate surface area is 121 Å². The minimum Gasteiger partial charge on any atom is -0.425 e. The molecule has 2 rings (SSSR count). The molecule has 0 bridgehead atoms. The van der Waals surface area contributed by atoms with Crippen LogP contribution in [0.1, 0.15) is 46.0 Å². The van der Waals surface area contributed by atoms with Crippen LogP contribution in [0.3, 0.4) is 0 Å². The fourth-order valence-electron chi connectivity index (χ4n) is 2.56. The second-order valence-corrected chi connectivity index (χ2v) is 5.79. The van der Waals surface area contributed by atoms with Crippen molar-refractivity contribution in [3.63, 3.8) is 0 Å². The van der Waals surface area contributed by atoms with Crippen LogP contribution in [-0.2, 0) is 9.53 Å². The van der Waals surface area contributed by atoms with Crippen LogP contribution in [0.5, 0.6) is 5.75 Å². The van der Waals surface area contributed by atoms with Crippen LogP contribution in [0.15, 0.2) is 30.3 Å². The monoisotopic (exact) mass is 276 g/mol. The molecule has 1 aliphatic rings. The van der Waals surface area contributed by atoms with Gasteiger partial charge in [-0.3, -0.25) is 0 Å². The summed E-state index contributed by atoms with van der Waals surface area (Å²) in [7, 11) is 0. The highest BCUT2D eigenvalue weighted by Crippen LogP contribution is 2.24. The maximum Gasteiger partial charge on any atom is 0.340 e. The zero-order valence-electron chi connectivity index (χ0n) is 12.4. The van der Waals surface area contributed by atoms with E-state index in [1.54, 1.807) is 12.1 Å². The van der Waals surface area contributed by atoms with Crippen molar-refractivity contribution < 1.29 is 14.3 Å². The molecule has 0 N–H and O–H groups in total. The van der Waals surface area contributed by atoms with Gasteiger partial charge in [0.2, 0.25) is 0 Å². The van der Waals surface area contributed by atoms with Gasteiger partial charge in [0, 0.05) is 0 Å². The molecule has 1 unspecified atom stereocenters. The fraction of sp³-hybridized carbons (Fsp3) is 0.588. The molecule has 0 amide bonds. The lowest BCUT2D eigenvalue weighted by Crippen LogP contribution is -2.37. The van der Waals surface area contributed by atoms with E-state index in [4.69, 9.17) is 9.47 Å². The van der Waals surface area contributed by atoms with Crippen molar-refractivity contribution in [2.45, 2.75) is 58.2 Å². The quantitative estimate of drug-likeness (QED) is 0.603. The van der Waals surface area contributed by atoms with E-state index >= 15 is 0 Å². The van der Waals surface area contributed by atoms with E-state index < -0.39 is 6.10 Å². The molecule has 1 fully saturated rings. The molecule has 110 valence electrons. The molecule has 1 aromatic carbocycles. The maximum absolute atomic E-state index is 12.3. The van der Waals surface area contributed by atoms with Crippen LogP contribution in [0.2, 0.25) is 0 Å². The number of para-hydroxylation sites is 1. The Morgan fingerprint density at radius 2 is 1.75 bits per heavy atom. The molecule has 1 aliphatic carbocycles. The summed E-state index contributed by atoms with van der Waals surface area (Å²) in [4.78, 5) is 12.3. The van der Waals surface area contributed by atoms with Gasteiger partial charge in [0.25, 0.3) is 0 Å². The van der Waals surface area contributed by atoms with Gasteiger partial charge in [-0.1, -0.05) is 51.3 Å². The number of carbonyl (C=O) groups excluding carboxylic acids is 1. The molecule has 0 saturated heterocycles. The van der Waals surface area contributed by atoms with Crippen molar-refractivity contribution in [1.82, 2.24) is 0 Å². The van der Waals surface area contributed by atoms with Gasteiger partial charge in [0.1, 0.15) is 5.75 Å². The van der Waals surface area contributed by atoms with Gasteiger partial charge in [0.15, 0.2) is 6.10 Å². The van der Waals surface area contributed by atoms with Crippen molar-refractivity contribution in [1.29, 1.82) is 0 Å². The lowest BCUT2D eigenvalue weighted by atomic mass is 9.97. The van der Waals surface area contributed by atoms with Gasteiger partial charge in [-0.25, -0.2) is 4.79 Å². The molecule has 20 heavy (non-hydrogen) atoms. The number of esters is 1. The molecule has 0 radical (unpaired) electrons. The number of hydrogen-bond donors (Lipinski definition) is 0. The third-order valence-electron chi connectivity index (χ3n) is 3.69. The number of rotatable bonds is 5. The SMILES string of the molecule is CC(C)C(OC1CCCCC1)C(=O)Oc1ccccc1. The summed E-state index contributed by atoms with van der Waals surface area (Å²) in [5.74, 6) is 0.417. The highest BCUT2D eigenvalue weighted by molar-refractivity contribution is 5.77. The molecular weight excluding hydrogens is 252 g/mol. The predicted octanol–water partition coefficient (Wildman–Crippen LogP) is 3.97. The van der Waals surface area contributed by atoms with Crippen molar-refractivity contribution in [3.05, 3.63) is 30.3 Å². The first-order valence-electron chi connectivity index (χ1n) is 7.59. The fourth-order valence-corrected chi connectivity index (χ4v) is 2.56. The van der Waals surface area contributed by atoms with E-state index in [-0.39, 0.29) is 18.0 Å². The zero-order chi connectivity index (χ0) is 14.4.